The van der Waals surface area contributed by atoms with Crippen LogP contribution in [0.15, 0.2) is 23.1 Å². The van der Waals surface area contributed by atoms with Crippen LogP contribution in [0, 0.1) is 13.8 Å². The Bertz CT molecular complexity index is 793. The van der Waals surface area contributed by atoms with E-state index in [0.717, 1.165) is 17.7 Å². The number of carbonyl (C=O) groups is 1. The summed E-state index contributed by atoms with van der Waals surface area (Å²) < 4.78 is 7.58. The van der Waals surface area contributed by atoms with Crippen LogP contribution in [-0.4, -0.2) is 33.3 Å². The first-order chi connectivity index (χ1) is 11.0. The molecule has 0 spiro atoms. The maximum atomic E-state index is 12.4. The smallest absolute Gasteiger partial charge is 0.251 e. The summed E-state index contributed by atoms with van der Waals surface area (Å²) in [5.41, 5.74) is 2.74. The Kier molecular flexibility index (Phi) is 4.04. The number of nitrogens with zero attached hydrogens (tertiary/aromatic N) is 2. The Balaban J connectivity index is 1.80. The van der Waals surface area contributed by atoms with Crippen molar-refractivity contribution >= 4 is 5.91 Å². The zero-order valence-corrected chi connectivity index (χ0v) is 13.4. The highest BCUT2D eigenvalue weighted by atomic mass is 16.5. The zero-order chi connectivity index (χ0) is 16.6. The lowest BCUT2D eigenvalue weighted by Crippen LogP contribution is -2.37. The normalized spacial score (nSPS) is 20.7. The first kappa shape index (κ1) is 15.5. The number of hydrogen-bond donors (Lipinski definition) is 2. The highest BCUT2D eigenvalue weighted by Gasteiger charge is 2.33. The minimum Gasteiger partial charge on any atom is -0.371 e. The average Bonchev–Trinajstić information content (AvgIpc) is 3.06. The molecule has 2 N–H and O–H groups in total. The lowest BCUT2D eigenvalue weighted by atomic mass is 10.0. The third kappa shape index (κ3) is 3.05. The molecule has 2 atom stereocenters. The highest BCUT2D eigenvalue weighted by Crippen LogP contribution is 2.31. The van der Waals surface area contributed by atoms with Gasteiger partial charge in [-0.2, -0.15) is 5.10 Å². The number of nitrogens with one attached hydrogen (secondary N) is 2. The van der Waals surface area contributed by atoms with E-state index in [-0.39, 0.29) is 23.6 Å². The molecule has 3 heterocycles. The second-order valence-electron chi connectivity index (χ2n) is 5.89. The Morgan fingerprint density at radius 1 is 1.43 bits per heavy atom. The fraction of sp³-hybridized carbons (Fsp3) is 0.438. The predicted molar refractivity (Wildman–Crippen MR) is 84.3 cm³/mol. The number of pyridine rings is 1. The molecule has 2 aromatic heterocycles. The molecule has 0 unspecified atom stereocenters. The molecule has 0 saturated carbocycles. The number of amides is 1. The summed E-state index contributed by atoms with van der Waals surface area (Å²) in [7, 11) is 1.88. The van der Waals surface area contributed by atoms with Gasteiger partial charge in [-0.25, -0.2) is 0 Å². The van der Waals surface area contributed by atoms with E-state index in [0.29, 0.717) is 17.9 Å². The molecule has 0 radical (unpaired) electrons. The van der Waals surface area contributed by atoms with Crippen molar-refractivity contribution in [1.29, 1.82) is 0 Å². The Morgan fingerprint density at radius 2 is 2.22 bits per heavy atom. The van der Waals surface area contributed by atoms with E-state index in [9.17, 15) is 9.59 Å². The fourth-order valence-electron chi connectivity index (χ4n) is 2.90. The van der Waals surface area contributed by atoms with Crippen LogP contribution in [0.25, 0.3) is 0 Å². The van der Waals surface area contributed by atoms with Gasteiger partial charge in [0.15, 0.2) is 0 Å². The average molecular weight is 316 g/mol. The van der Waals surface area contributed by atoms with Crippen LogP contribution in [0.2, 0.25) is 0 Å². The summed E-state index contributed by atoms with van der Waals surface area (Å²) in [6.07, 6.45) is 2.30. The van der Waals surface area contributed by atoms with Crippen LogP contribution >= 0.6 is 0 Å². The maximum Gasteiger partial charge on any atom is 0.251 e. The largest absolute Gasteiger partial charge is 0.371 e. The number of aromatic nitrogens is 3. The van der Waals surface area contributed by atoms with Crippen molar-refractivity contribution in [3.63, 3.8) is 0 Å². The maximum absolute atomic E-state index is 12.4. The number of H-pyrrole nitrogens is 1. The van der Waals surface area contributed by atoms with Crippen molar-refractivity contribution < 1.29 is 9.53 Å². The van der Waals surface area contributed by atoms with Crippen molar-refractivity contribution in [3.8, 4) is 0 Å². The summed E-state index contributed by atoms with van der Waals surface area (Å²) >= 11 is 0. The van der Waals surface area contributed by atoms with E-state index in [4.69, 9.17) is 4.74 Å². The summed E-state index contributed by atoms with van der Waals surface area (Å²) in [6, 6.07) is 2.84. The first-order valence-electron chi connectivity index (χ1n) is 7.57. The summed E-state index contributed by atoms with van der Waals surface area (Å²) in [6.45, 7) is 4.31. The van der Waals surface area contributed by atoms with Gasteiger partial charge in [0.05, 0.1) is 12.2 Å². The third-order valence-corrected chi connectivity index (χ3v) is 4.23. The van der Waals surface area contributed by atoms with E-state index in [2.05, 4.69) is 15.4 Å². The van der Waals surface area contributed by atoms with Crippen molar-refractivity contribution in [1.82, 2.24) is 20.1 Å². The van der Waals surface area contributed by atoms with Gasteiger partial charge in [-0.1, -0.05) is 0 Å². The minimum absolute atomic E-state index is 0.134. The molecule has 2 aromatic rings. The standard InChI is InChI=1S/C16H20N4O3/c1-9-6-11(7-14(21)18-9)16(22)19-13-4-5-23-15(13)12-8-17-20(3)10(12)2/h6-8,13,15H,4-5H2,1-3H3,(H,18,21)(H,19,22)/t13-,15+/m0/s1. The molecule has 0 aliphatic carbocycles. The van der Waals surface area contributed by atoms with Gasteiger partial charge in [0.25, 0.3) is 5.91 Å². The molecule has 0 bridgehead atoms. The van der Waals surface area contributed by atoms with Gasteiger partial charge in [0.1, 0.15) is 6.10 Å². The van der Waals surface area contributed by atoms with Crippen LogP contribution in [0.4, 0.5) is 0 Å². The number of carbonyl (C=O) groups excluding carboxylic acids is 1. The van der Waals surface area contributed by atoms with Gasteiger partial charge in [-0.15, -0.1) is 0 Å². The van der Waals surface area contributed by atoms with Crippen molar-refractivity contribution in [2.24, 2.45) is 7.05 Å². The highest BCUT2D eigenvalue weighted by molar-refractivity contribution is 5.94. The summed E-state index contributed by atoms with van der Waals surface area (Å²) in [5.74, 6) is -0.263. The molecule has 23 heavy (non-hydrogen) atoms. The number of aryl methyl sites for hydroxylation is 2. The molecule has 122 valence electrons. The second-order valence-corrected chi connectivity index (χ2v) is 5.89. The van der Waals surface area contributed by atoms with Crippen molar-refractivity contribution in [3.05, 3.63) is 51.2 Å². The molecule has 0 aromatic carbocycles. The first-order valence-corrected chi connectivity index (χ1v) is 7.57. The predicted octanol–water partition coefficient (Wildman–Crippen LogP) is 0.985. The number of rotatable bonds is 3. The SMILES string of the molecule is Cc1cc(C(=O)N[C@H]2CCO[C@@H]2c2cnn(C)c2C)cc(=O)[nH]1. The van der Waals surface area contributed by atoms with E-state index in [1.165, 1.54) is 6.07 Å². The number of aromatic amines is 1. The minimum atomic E-state index is -0.280. The van der Waals surface area contributed by atoms with Crippen LogP contribution in [0.5, 0.6) is 0 Å². The van der Waals surface area contributed by atoms with Crippen molar-refractivity contribution in [2.75, 3.05) is 6.61 Å². The molecule has 1 aliphatic rings. The van der Waals surface area contributed by atoms with Crippen LogP contribution < -0.4 is 10.9 Å². The number of ether oxygens (including phenoxy) is 1. The zero-order valence-electron chi connectivity index (χ0n) is 13.4. The lowest BCUT2D eigenvalue weighted by Gasteiger charge is -2.20. The molecule has 3 rings (SSSR count). The molecular weight excluding hydrogens is 296 g/mol. The molecule has 7 nitrogen and oxygen atoms in total. The summed E-state index contributed by atoms with van der Waals surface area (Å²) in [5, 5.41) is 7.22. The van der Waals surface area contributed by atoms with Gasteiger partial charge in [-0.3, -0.25) is 14.3 Å². The van der Waals surface area contributed by atoms with Crippen LogP contribution in [0.3, 0.4) is 0 Å². The van der Waals surface area contributed by atoms with Gasteiger partial charge in [-0.05, 0) is 26.3 Å². The monoisotopic (exact) mass is 316 g/mol. The molecule has 1 amide bonds. The molecular formula is C16H20N4O3. The van der Waals surface area contributed by atoms with E-state index < -0.39 is 0 Å². The van der Waals surface area contributed by atoms with E-state index >= 15 is 0 Å². The summed E-state index contributed by atoms with van der Waals surface area (Å²) in [4.78, 5) is 26.6. The Morgan fingerprint density at radius 3 is 2.87 bits per heavy atom. The topological polar surface area (TPSA) is 89.0 Å². The lowest BCUT2D eigenvalue weighted by molar-refractivity contribution is 0.0819. The van der Waals surface area contributed by atoms with E-state index in [1.54, 1.807) is 23.9 Å². The number of hydrogen-bond acceptors (Lipinski definition) is 4. The van der Waals surface area contributed by atoms with Crippen LogP contribution in [-0.2, 0) is 11.8 Å². The van der Waals surface area contributed by atoms with Crippen molar-refractivity contribution in [2.45, 2.75) is 32.4 Å². The second kappa shape index (κ2) is 6.00. The van der Waals surface area contributed by atoms with Gasteiger partial charge in [0, 0.05) is 42.2 Å². The van der Waals surface area contributed by atoms with E-state index in [1.807, 2.05) is 14.0 Å². The van der Waals surface area contributed by atoms with Gasteiger partial charge in [0.2, 0.25) is 5.56 Å². The Hall–Kier alpha value is -2.41. The molecule has 7 heteroatoms. The van der Waals surface area contributed by atoms with Gasteiger partial charge >= 0.3 is 0 Å². The third-order valence-electron chi connectivity index (χ3n) is 4.23. The quantitative estimate of drug-likeness (QED) is 0.883. The molecule has 1 saturated heterocycles. The van der Waals surface area contributed by atoms with Gasteiger partial charge < -0.3 is 15.0 Å². The van der Waals surface area contributed by atoms with Crippen LogP contribution in [0.1, 0.15) is 39.8 Å². The molecule has 1 aliphatic heterocycles. The fourth-order valence-corrected chi connectivity index (χ4v) is 2.90. The molecule has 1 fully saturated rings. The Labute approximate surface area is 133 Å².